The fraction of sp³-hybridized carbons (Fsp3) is 0.130. The minimum absolute atomic E-state index is 0.0556. The number of hydrogen-bond donors (Lipinski definition) is 1. The van der Waals surface area contributed by atoms with Crippen molar-refractivity contribution in [2.45, 2.75) is 13.0 Å². The first-order chi connectivity index (χ1) is 15.5. The third-order valence-corrected chi connectivity index (χ3v) is 5.43. The monoisotopic (exact) mass is 449 g/mol. The fourth-order valence-electron chi connectivity index (χ4n) is 3.85. The van der Waals surface area contributed by atoms with Crippen LogP contribution in [0, 0.1) is 0 Å². The summed E-state index contributed by atoms with van der Waals surface area (Å²) >= 11 is 6.10. The molecule has 0 aliphatic carbocycles. The highest BCUT2D eigenvalue weighted by molar-refractivity contribution is 6.31. The van der Waals surface area contributed by atoms with Crippen LogP contribution in [0.3, 0.4) is 0 Å². The largest absolute Gasteiger partial charge is 0.504 e. The molecule has 0 radical (unpaired) electrons. The van der Waals surface area contributed by atoms with Crippen molar-refractivity contribution in [2.75, 3.05) is 11.5 Å². The predicted octanol–water partition coefficient (Wildman–Crippen LogP) is 4.09. The Hall–Kier alpha value is -3.91. The third-order valence-electron chi connectivity index (χ3n) is 5.20. The Bertz CT molecular complexity index is 1420. The Morgan fingerprint density at radius 3 is 2.69 bits per heavy atom. The van der Waals surface area contributed by atoms with Gasteiger partial charge in [0, 0.05) is 17.4 Å². The Kier molecular flexibility index (Phi) is 4.79. The molecule has 2 aromatic carbocycles. The summed E-state index contributed by atoms with van der Waals surface area (Å²) in [6, 6.07) is 10.0. The molecule has 8 nitrogen and oxygen atoms in total. The van der Waals surface area contributed by atoms with Crippen molar-refractivity contribution < 1.29 is 19.1 Å². The minimum atomic E-state index is -0.890. The smallest absolute Gasteiger partial charge is 0.297 e. The van der Waals surface area contributed by atoms with E-state index in [0.717, 1.165) is 0 Å². The van der Waals surface area contributed by atoms with Crippen LogP contribution in [0.5, 0.6) is 11.5 Å². The number of hydrogen-bond acceptors (Lipinski definition) is 7. The van der Waals surface area contributed by atoms with Gasteiger partial charge in [0.25, 0.3) is 5.91 Å². The number of phenols is 1. The normalized spacial score (nSPS) is 15.2. The Morgan fingerprint density at radius 2 is 1.94 bits per heavy atom. The van der Waals surface area contributed by atoms with Crippen molar-refractivity contribution in [3.63, 3.8) is 0 Å². The van der Waals surface area contributed by atoms with Gasteiger partial charge >= 0.3 is 0 Å². The van der Waals surface area contributed by atoms with Gasteiger partial charge in [0.1, 0.15) is 5.58 Å². The summed E-state index contributed by atoms with van der Waals surface area (Å²) in [6.07, 6.45) is 3.01. The van der Waals surface area contributed by atoms with Gasteiger partial charge < -0.3 is 14.3 Å². The van der Waals surface area contributed by atoms with Gasteiger partial charge in [0.2, 0.25) is 11.7 Å². The van der Waals surface area contributed by atoms with Crippen molar-refractivity contribution in [2.24, 2.45) is 0 Å². The zero-order chi connectivity index (χ0) is 22.4. The lowest BCUT2D eigenvalue weighted by Crippen LogP contribution is -2.31. The Morgan fingerprint density at radius 1 is 1.16 bits per heavy atom. The standard InChI is InChI=1S/C23H16ClN3O5/c1-2-31-17-10-12(4-6-15(17)28)19-18-20(29)14-11-13(24)5-7-16(14)32-21(18)22(30)27(19)23-25-8-3-9-26-23/h3-11,19,28H,2H2,1H3. The fourth-order valence-corrected chi connectivity index (χ4v) is 4.03. The lowest BCUT2D eigenvalue weighted by Gasteiger charge is -2.23. The van der Waals surface area contributed by atoms with Crippen LogP contribution >= 0.6 is 11.6 Å². The molecular formula is C23H16ClN3O5. The number of amides is 1. The van der Waals surface area contributed by atoms with E-state index < -0.39 is 11.9 Å². The van der Waals surface area contributed by atoms with E-state index in [1.165, 1.54) is 29.4 Å². The second kappa shape index (κ2) is 7.65. The molecule has 0 spiro atoms. The van der Waals surface area contributed by atoms with Crippen LogP contribution in [0.4, 0.5) is 5.95 Å². The highest BCUT2D eigenvalue weighted by atomic mass is 35.5. The van der Waals surface area contributed by atoms with E-state index in [0.29, 0.717) is 17.2 Å². The van der Waals surface area contributed by atoms with Crippen molar-refractivity contribution in [3.8, 4) is 11.5 Å². The van der Waals surface area contributed by atoms with Crippen molar-refractivity contribution in [1.82, 2.24) is 9.97 Å². The van der Waals surface area contributed by atoms with Gasteiger partial charge in [-0.05, 0) is 48.9 Å². The molecule has 1 atom stereocenters. The number of carbonyl (C=O) groups excluding carboxylic acids is 1. The molecule has 1 aliphatic heterocycles. The molecule has 1 amide bonds. The molecule has 1 aliphatic rings. The van der Waals surface area contributed by atoms with E-state index in [1.54, 1.807) is 37.3 Å². The lowest BCUT2D eigenvalue weighted by molar-refractivity contribution is 0.0969. The number of ether oxygens (including phenoxy) is 1. The Balaban J connectivity index is 1.81. The summed E-state index contributed by atoms with van der Waals surface area (Å²) in [7, 11) is 0. The van der Waals surface area contributed by atoms with Crippen molar-refractivity contribution in [1.29, 1.82) is 0 Å². The van der Waals surface area contributed by atoms with Gasteiger partial charge in [0.05, 0.1) is 23.6 Å². The lowest BCUT2D eigenvalue weighted by atomic mass is 9.98. The molecule has 4 aromatic rings. The summed E-state index contributed by atoms with van der Waals surface area (Å²) in [5, 5.41) is 10.8. The van der Waals surface area contributed by atoms with E-state index in [2.05, 4.69) is 9.97 Å². The third kappa shape index (κ3) is 3.07. The minimum Gasteiger partial charge on any atom is -0.504 e. The number of nitrogens with zero attached hydrogens (tertiary/aromatic N) is 3. The average Bonchev–Trinajstić information content (AvgIpc) is 3.09. The molecule has 32 heavy (non-hydrogen) atoms. The van der Waals surface area contributed by atoms with Gasteiger partial charge in [-0.1, -0.05) is 17.7 Å². The highest BCUT2D eigenvalue weighted by Crippen LogP contribution is 2.42. The van der Waals surface area contributed by atoms with Gasteiger partial charge in [0.15, 0.2) is 16.9 Å². The summed E-state index contributed by atoms with van der Waals surface area (Å²) in [6.45, 7) is 2.11. The topological polar surface area (TPSA) is 106 Å². The highest BCUT2D eigenvalue weighted by Gasteiger charge is 2.45. The molecule has 0 fully saturated rings. The summed E-state index contributed by atoms with van der Waals surface area (Å²) in [5.41, 5.74) is 0.540. The molecule has 9 heteroatoms. The van der Waals surface area contributed by atoms with Crippen LogP contribution in [0.25, 0.3) is 11.0 Å². The molecule has 3 heterocycles. The molecule has 5 rings (SSSR count). The first-order valence-electron chi connectivity index (χ1n) is 9.82. The average molecular weight is 450 g/mol. The molecule has 0 bridgehead atoms. The number of anilines is 1. The number of benzene rings is 2. The number of aromatic hydroxyl groups is 1. The predicted molar refractivity (Wildman–Crippen MR) is 117 cm³/mol. The molecule has 2 aromatic heterocycles. The number of fused-ring (bicyclic) bond motifs is 2. The number of rotatable bonds is 4. The second-order valence-electron chi connectivity index (χ2n) is 7.10. The van der Waals surface area contributed by atoms with Crippen LogP contribution in [-0.2, 0) is 0 Å². The SMILES string of the molecule is CCOc1cc(C2c3c(oc4ccc(Cl)cc4c3=O)C(=O)N2c2ncccn2)ccc1O. The van der Waals surface area contributed by atoms with Crippen LogP contribution < -0.4 is 15.1 Å². The van der Waals surface area contributed by atoms with E-state index in [1.807, 2.05) is 0 Å². The van der Waals surface area contributed by atoms with Gasteiger partial charge in [-0.25, -0.2) is 9.97 Å². The van der Waals surface area contributed by atoms with E-state index in [-0.39, 0.29) is 45.2 Å². The van der Waals surface area contributed by atoms with Crippen LogP contribution in [0.15, 0.2) is 64.1 Å². The van der Waals surface area contributed by atoms with Crippen LogP contribution in [-0.4, -0.2) is 27.6 Å². The molecule has 1 unspecified atom stereocenters. The molecular weight excluding hydrogens is 434 g/mol. The second-order valence-corrected chi connectivity index (χ2v) is 7.54. The summed E-state index contributed by atoms with van der Waals surface area (Å²) < 4.78 is 11.4. The first-order valence-corrected chi connectivity index (χ1v) is 10.2. The van der Waals surface area contributed by atoms with Crippen LogP contribution in [0.2, 0.25) is 5.02 Å². The molecule has 1 N–H and O–H groups in total. The quantitative estimate of drug-likeness (QED) is 0.500. The van der Waals surface area contributed by atoms with Crippen molar-refractivity contribution in [3.05, 3.63) is 87.0 Å². The maximum Gasteiger partial charge on any atom is 0.297 e. The maximum atomic E-state index is 13.5. The van der Waals surface area contributed by atoms with E-state index in [4.69, 9.17) is 20.8 Å². The van der Waals surface area contributed by atoms with Gasteiger partial charge in [-0.15, -0.1) is 0 Å². The zero-order valence-electron chi connectivity index (χ0n) is 16.8. The summed E-state index contributed by atoms with van der Waals surface area (Å²) in [4.78, 5) is 36.7. The van der Waals surface area contributed by atoms with E-state index >= 15 is 0 Å². The summed E-state index contributed by atoms with van der Waals surface area (Å²) in [5.74, 6) is -0.348. The van der Waals surface area contributed by atoms with Crippen LogP contribution in [0.1, 0.15) is 34.6 Å². The number of carbonyl (C=O) groups is 1. The van der Waals surface area contributed by atoms with Gasteiger partial charge in [-0.3, -0.25) is 14.5 Å². The molecule has 0 saturated heterocycles. The van der Waals surface area contributed by atoms with Gasteiger partial charge in [-0.2, -0.15) is 0 Å². The maximum absolute atomic E-state index is 13.5. The zero-order valence-corrected chi connectivity index (χ0v) is 17.5. The number of halogens is 1. The number of phenolic OH excluding ortho intramolecular Hbond substituents is 1. The first kappa shape index (κ1) is 20.0. The van der Waals surface area contributed by atoms with E-state index in [9.17, 15) is 14.7 Å². The number of aromatic nitrogens is 2. The molecule has 0 saturated carbocycles. The molecule has 160 valence electrons. The Labute approximate surface area is 186 Å². The van der Waals surface area contributed by atoms with Crippen molar-refractivity contribution >= 4 is 34.4 Å².